The Morgan fingerprint density at radius 3 is 2.68 bits per heavy atom. The summed E-state index contributed by atoms with van der Waals surface area (Å²) in [5.41, 5.74) is 1.14. The molecule has 0 fully saturated rings. The van der Waals surface area contributed by atoms with Gasteiger partial charge in [0.25, 0.3) is 0 Å². The summed E-state index contributed by atoms with van der Waals surface area (Å²) in [4.78, 5) is 2.51. The topological polar surface area (TPSA) is 15.8 Å². The Labute approximate surface area is 111 Å². The number of benzene rings is 1. The van der Waals surface area contributed by atoms with E-state index in [-0.39, 0.29) is 5.56 Å². The van der Waals surface area contributed by atoms with Gasteiger partial charge < -0.3 is 4.98 Å². The maximum atomic E-state index is 12.9. The van der Waals surface area contributed by atoms with Gasteiger partial charge in [-0.2, -0.15) is 13.2 Å². The number of fused-ring (bicyclic) bond motifs is 1. The van der Waals surface area contributed by atoms with E-state index in [1.54, 1.807) is 12.1 Å². The second kappa shape index (κ2) is 4.47. The smallest absolute Gasteiger partial charge is 0.351 e. The van der Waals surface area contributed by atoms with E-state index in [4.69, 9.17) is 0 Å². The van der Waals surface area contributed by atoms with E-state index >= 15 is 0 Å². The Morgan fingerprint density at radius 2 is 2.05 bits per heavy atom. The Hall–Kier alpha value is -1.11. The number of aryl methyl sites for hydroxylation is 1. The third kappa shape index (κ3) is 2.13. The van der Waals surface area contributed by atoms with Gasteiger partial charge in [0.1, 0.15) is 5.69 Å². The molecule has 0 atom stereocenters. The molecular weight excluding hydrogens is 289 g/mol. The predicted molar refractivity (Wildman–Crippen MR) is 74.7 cm³/mol. The molecule has 0 radical (unpaired) electrons. The maximum absolute atomic E-state index is 12.9. The first-order valence-corrected chi connectivity index (χ1v) is 8.43. The molecule has 0 saturated carbocycles. The zero-order valence-electron chi connectivity index (χ0n) is 10.0. The average Bonchev–Trinajstić information content (AvgIpc) is 2.96. The minimum Gasteiger partial charge on any atom is -0.351 e. The van der Waals surface area contributed by atoms with Crippen LogP contribution in [0.5, 0.6) is 0 Å². The normalized spacial score (nSPS) is 16.9. The summed E-state index contributed by atoms with van der Waals surface area (Å²) >= 11 is 0. The fraction of sp³-hybridized carbons (Fsp3) is 0.231. The standard InChI is InChI=1S/C13H10F3NP2/c1-7-11-8(10-5-6-18-19-10)3-2-4-9(11)17-12(7)13(14,15)16/h2-5,17H,6H2,1H3. The van der Waals surface area contributed by atoms with E-state index in [1.807, 2.05) is 6.07 Å². The van der Waals surface area contributed by atoms with Crippen molar-refractivity contribution in [2.45, 2.75) is 13.1 Å². The number of aromatic amines is 1. The summed E-state index contributed by atoms with van der Waals surface area (Å²) in [6.45, 7) is 1.54. The summed E-state index contributed by atoms with van der Waals surface area (Å²) in [6, 6.07) is 5.41. The van der Waals surface area contributed by atoms with Crippen LogP contribution in [0.4, 0.5) is 13.2 Å². The van der Waals surface area contributed by atoms with Crippen LogP contribution in [-0.4, -0.2) is 11.1 Å². The molecule has 0 amide bonds. The number of hydrogen-bond donors (Lipinski definition) is 1. The van der Waals surface area contributed by atoms with Gasteiger partial charge in [0.15, 0.2) is 0 Å². The number of allylic oxidation sites excluding steroid dienone is 1. The predicted octanol–water partition coefficient (Wildman–Crippen LogP) is 5.66. The van der Waals surface area contributed by atoms with E-state index < -0.39 is 11.9 Å². The molecule has 19 heavy (non-hydrogen) atoms. The molecular formula is C13H10F3NP2. The highest BCUT2D eigenvalue weighted by molar-refractivity contribution is 7.90. The van der Waals surface area contributed by atoms with Gasteiger partial charge in [-0.1, -0.05) is 26.1 Å². The molecule has 2 heterocycles. The summed E-state index contributed by atoms with van der Waals surface area (Å²) in [5.74, 6) is 0. The highest BCUT2D eigenvalue weighted by Crippen LogP contribution is 2.44. The molecule has 6 heteroatoms. The fourth-order valence-corrected chi connectivity index (χ4v) is 4.98. The quantitative estimate of drug-likeness (QED) is 0.654. The van der Waals surface area contributed by atoms with Gasteiger partial charge in [-0.05, 0) is 32.0 Å². The van der Waals surface area contributed by atoms with Crippen LogP contribution >= 0.6 is 15.7 Å². The Morgan fingerprint density at radius 1 is 1.26 bits per heavy atom. The van der Waals surface area contributed by atoms with Gasteiger partial charge in [-0.15, -0.1) is 0 Å². The Balaban J connectivity index is 2.31. The number of aromatic nitrogens is 1. The SMILES string of the molecule is Cc1c(C(F)(F)F)[nH]c2cccc(C3=CCP=P3)c12. The minimum absolute atomic E-state index is 0.290. The van der Waals surface area contributed by atoms with Crippen LogP contribution < -0.4 is 0 Å². The van der Waals surface area contributed by atoms with E-state index in [0.717, 1.165) is 17.0 Å². The molecule has 0 unspecified atom stereocenters. The molecule has 0 aliphatic carbocycles. The molecule has 0 saturated heterocycles. The van der Waals surface area contributed by atoms with Crippen LogP contribution in [0.15, 0.2) is 24.3 Å². The van der Waals surface area contributed by atoms with Crippen molar-refractivity contribution < 1.29 is 13.2 Å². The van der Waals surface area contributed by atoms with Crippen molar-refractivity contribution in [3.8, 4) is 0 Å². The molecule has 1 aliphatic heterocycles. The van der Waals surface area contributed by atoms with Gasteiger partial charge in [0, 0.05) is 22.4 Å². The van der Waals surface area contributed by atoms with Gasteiger partial charge in [-0.3, -0.25) is 0 Å². The summed E-state index contributed by atoms with van der Waals surface area (Å²) in [5, 5.41) is 1.83. The molecule has 98 valence electrons. The van der Waals surface area contributed by atoms with Crippen LogP contribution in [0.25, 0.3) is 16.2 Å². The van der Waals surface area contributed by atoms with E-state index in [0.29, 0.717) is 10.9 Å². The lowest BCUT2D eigenvalue weighted by molar-refractivity contribution is -0.141. The van der Waals surface area contributed by atoms with Crippen molar-refractivity contribution in [1.29, 1.82) is 0 Å². The first kappa shape index (κ1) is 12.9. The molecule has 1 aliphatic rings. The van der Waals surface area contributed by atoms with Gasteiger partial charge >= 0.3 is 6.18 Å². The summed E-state index contributed by atoms with van der Waals surface area (Å²) < 4.78 is 38.8. The van der Waals surface area contributed by atoms with Crippen molar-refractivity contribution in [3.63, 3.8) is 0 Å². The summed E-state index contributed by atoms with van der Waals surface area (Å²) in [7, 11) is 2.46. The monoisotopic (exact) mass is 299 g/mol. The first-order chi connectivity index (χ1) is 8.98. The van der Waals surface area contributed by atoms with Gasteiger partial charge in [0.2, 0.25) is 0 Å². The minimum atomic E-state index is -4.33. The lowest BCUT2D eigenvalue weighted by Crippen LogP contribution is -2.06. The fourth-order valence-electron chi connectivity index (χ4n) is 2.36. The first-order valence-electron chi connectivity index (χ1n) is 5.75. The third-order valence-corrected chi connectivity index (χ3v) is 5.87. The zero-order valence-corrected chi connectivity index (χ0v) is 11.8. The number of hydrogen-bond acceptors (Lipinski definition) is 0. The van der Waals surface area contributed by atoms with Crippen molar-refractivity contribution in [2.75, 3.05) is 6.16 Å². The zero-order chi connectivity index (χ0) is 13.6. The van der Waals surface area contributed by atoms with Gasteiger partial charge in [-0.25, -0.2) is 0 Å². The highest BCUT2D eigenvalue weighted by Gasteiger charge is 2.35. The molecule has 1 aromatic carbocycles. The maximum Gasteiger partial charge on any atom is 0.431 e. The number of alkyl halides is 3. The van der Waals surface area contributed by atoms with Crippen molar-refractivity contribution in [2.24, 2.45) is 0 Å². The second-order valence-electron chi connectivity index (χ2n) is 4.36. The molecule has 1 N–H and O–H groups in total. The largest absolute Gasteiger partial charge is 0.431 e. The van der Waals surface area contributed by atoms with Crippen LogP contribution in [0.2, 0.25) is 0 Å². The second-order valence-corrected chi connectivity index (χ2v) is 7.14. The molecule has 0 spiro atoms. The lowest BCUT2D eigenvalue weighted by Gasteiger charge is -2.05. The van der Waals surface area contributed by atoms with Crippen LogP contribution in [-0.2, 0) is 6.18 Å². The molecule has 3 rings (SSSR count). The number of H-pyrrole nitrogens is 1. The van der Waals surface area contributed by atoms with Gasteiger partial charge in [0.05, 0.1) is 0 Å². The summed E-state index contributed by atoms with van der Waals surface area (Å²) in [6.07, 6.45) is -1.25. The lowest BCUT2D eigenvalue weighted by atomic mass is 10.0. The number of rotatable bonds is 1. The molecule has 1 aromatic heterocycles. The average molecular weight is 299 g/mol. The van der Waals surface area contributed by atoms with Crippen molar-refractivity contribution in [1.82, 2.24) is 4.98 Å². The van der Waals surface area contributed by atoms with E-state index in [2.05, 4.69) is 11.1 Å². The van der Waals surface area contributed by atoms with Crippen molar-refractivity contribution >= 4 is 32.0 Å². The number of halogens is 3. The van der Waals surface area contributed by atoms with Crippen LogP contribution in [0.1, 0.15) is 16.8 Å². The van der Waals surface area contributed by atoms with Crippen molar-refractivity contribution in [3.05, 3.63) is 41.1 Å². The Bertz CT molecular complexity index is 710. The van der Waals surface area contributed by atoms with Crippen LogP contribution in [0.3, 0.4) is 0 Å². The van der Waals surface area contributed by atoms with Crippen LogP contribution in [0, 0.1) is 6.92 Å². The molecule has 2 aromatic rings. The Kier molecular flexibility index (Phi) is 3.03. The molecule has 0 bridgehead atoms. The highest BCUT2D eigenvalue weighted by atomic mass is 31.7. The third-order valence-electron chi connectivity index (χ3n) is 3.18. The van der Waals surface area contributed by atoms with E-state index in [1.165, 1.54) is 22.7 Å². The van der Waals surface area contributed by atoms with E-state index in [9.17, 15) is 13.2 Å². The number of nitrogens with one attached hydrogen (secondary N) is 1. The molecule has 1 nitrogen and oxygen atoms in total.